The second kappa shape index (κ2) is 6.27. The molecule has 0 aliphatic heterocycles. The van der Waals surface area contributed by atoms with Crippen molar-refractivity contribution in [1.29, 1.82) is 0 Å². The van der Waals surface area contributed by atoms with Gasteiger partial charge in [-0.25, -0.2) is 0 Å². The zero-order valence-corrected chi connectivity index (χ0v) is 12.8. The molecule has 0 aliphatic rings. The Morgan fingerprint density at radius 2 is 1.94 bits per heavy atom. The normalized spacial score (nSPS) is 12.7. The Kier molecular flexibility index (Phi) is 4.93. The first-order chi connectivity index (χ1) is 8.60. The summed E-state index contributed by atoms with van der Waals surface area (Å²) < 4.78 is 0.794. The molecule has 2 aromatic rings. The third-order valence-corrected chi connectivity index (χ3v) is 4.67. The van der Waals surface area contributed by atoms with Crippen LogP contribution >= 0.6 is 46.1 Å². The fraction of sp³-hybridized carbons (Fsp3) is 0.231. The van der Waals surface area contributed by atoms with Crippen LogP contribution in [0.1, 0.15) is 16.5 Å². The lowest BCUT2D eigenvalue weighted by molar-refractivity contribution is 0.602. The largest absolute Gasteiger partial charge is 0.312 e. The summed E-state index contributed by atoms with van der Waals surface area (Å²) in [4.78, 5) is 1.19. The van der Waals surface area contributed by atoms with Gasteiger partial charge in [-0.3, -0.25) is 0 Å². The van der Waals surface area contributed by atoms with Crippen LogP contribution in [0.25, 0.3) is 0 Å². The summed E-state index contributed by atoms with van der Waals surface area (Å²) in [5, 5.41) is 4.72. The van der Waals surface area contributed by atoms with Gasteiger partial charge < -0.3 is 5.32 Å². The lowest BCUT2D eigenvalue weighted by atomic mass is 10.0. The van der Waals surface area contributed by atoms with Crippen LogP contribution in [0.4, 0.5) is 0 Å². The third-order valence-electron chi connectivity index (χ3n) is 2.72. The average Bonchev–Trinajstić information content (AvgIpc) is 2.77. The lowest BCUT2D eigenvalue weighted by Crippen LogP contribution is -2.17. The van der Waals surface area contributed by atoms with Crippen molar-refractivity contribution in [3.63, 3.8) is 0 Å². The molecule has 1 aromatic heterocycles. The molecule has 1 heterocycles. The first kappa shape index (κ1) is 14.2. The third kappa shape index (κ3) is 3.40. The molecule has 0 saturated carbocycles. The Bertz CT molecular complexity index is 539. The van der Waals surface area contributed by atoms with Crippen LogP contribution in [0.15, 0.2) is 30.3 Å². The Labute approximate surface area is 126 Å². The predicted octanol–water partition coefficient (Wildman–Crippen LogP) is 5.21. The summed E-state index contributed by atoms with van der Waals surface area (Å²) in [6.45, 7) is 0. The van der Waals surface area contributed by atoms with Gasteiger partial charge in [0.15, 0.2) is 0 Å². The molecular formula is C13H12Cl3NS. The number of hydrogen-bond acceptors (Lipinski definition) is 2. The minimum atomic E-state index is 0.193. The molecule has 96 valence electrons. The Morgan fingerprint density at radius 1 is 1.17 bits per heavy atom. The molecule has 1 atom stereocenters. The van der Waals surface area contributed by atoms with Gasteiger partial charge in [-0.15, -0.1) is 11.3 Å². The van der Waals surface area contributed by atoms with Gasteiger partial charge in [0, 0.05) is 21.0 Å². The quantitative estimate of drug-likeness (QED) is 0.815. The zero-order valence-electron chi connectivity index (χ0n) is 9.71. The average molecular weight is 321 g/mol. The topological polar surface area (TPSA) is 12.0 Å². The van der Waals surface area contributed by atoms with Gasteiger partial charge >= 0.3 is 0 Å². The van der Waals surface area contributed by atoms with Gasteiger partial charge in [-0.05, 0) is 49.4 Å². The Morgan fingerprint density at radius 3 is 2.56 bits per heavy atom. The fourth-order valence-corrected chi connectivity index (χ4v) is 3.34. The van der Waals surface area contributed by atoms with Crippen LogP contribution in [-0.2, 0) is 6.42 Å². The first-order valence-electron chi connectivity index (χ1n) is 5.46. The van der Waals surface area contributed by atoms with Crippen molar-refractivity contribution in [2.24, 2.45) is 0 Å². The standard InChI is InChI=1S/C13H12Cl3NS/c1-17-11(12-4-5-13(16)18-12)7-8-6-9(14)2-3-10(8)15/h2-6,11,17H,7H2,1H3. The van der Waals surface area contributed by atoms with Crippen LogP contribution in [0, 0.1) is 0 Å². The first-order valence-corrected chi connectivity index (χ1v) is 7.41. The molecule has 1 aromatic carbocycles. The lowest BCUT2D eigenvalue weighted by Gasteiger charge is -2.15. The van der Waals surface area contributed by atoms with Gasteiger partial charge in [0.2, 0.25) is 0 Å². The fourth-order valence-electron chi connectivity index (χ4n) is 1.78. The van der Waals surface area contributed by atoms with E-state index in [0.717, 1.165) is 21.3 Å². The van der Waals surface area contributed by atoms with Crippen molar-refractivity contribution in [2.45, 2.75) is 12.5 Å². The van der Waals surface area contributed by atoms with E-state index in [0.29, 0.717) is 5.02 Å². The molecular weight excluding hydrogens is 309 g/mol. The van der Waals surface area contributed by atoms with E-state index in [1.165, 1.54) is 4.88 Å². The van der Waals surface area contributed by atoms with E-state index in [1.807, 2.05) is 31.3 Å². The number of benzene rings is 1. The monoisotopic (exact) mass is 319 g/mol. The van der Waals surface area contributed by atoms with Crippen molar-refractivity contribution in [3.8, 4) is 0 Å². The Balaban J connectivity index is 2.22. The van der Waals surface area contributed by atoms with Crippen LogP contribution < -0.4 is 5.32 Å². The Hall–Kier alpha value is -0.250. The number of thiophene rings is 1. The highest BCUT2D eigenvalue weighted by Gasteiger charge is 2.14. The molecule has 0 fully saturated rings. The number of nitrogens with one attached hydrogen (secondary N) is 1. The molecule has 0 saturated heterocycles. The van der Waals surface area contributed by atoms with Crippen LogP contribution in [0.5, 0.6) is 0 Å². The van der Waals surface area contributed by atoms with Crippen molar-refractivity contribution in [2.75, 3.05) is 7.05 Å². The summed E-state index contributed by atoms with van der Waals surface area (Å²) in [5.41, 5.74) is 1.04. The highest BCUT2D eigenvalue weighted by molar-refractivity contribution is 7.16. The molecule has 2 rings (SSSR count). The van der Waals surface area contributed by atoms with E-state index < -0.39 is 0 Å². The van der Waals surface area contributed by atoms with Gasteiger partial charge in [0.1, 0.15) is 0 Å². The molecule has 0 radical (unpaired) electrons. The van der Waals surface area contributed by atoms with E-state index >= 15 is 0 Å². The summed E-state index contributed by atoms with van der Waals surface area (Å²) >= 11 is 19.7. The number of hydrogen-bond donors (Lipinski definition) is 1. The molecule has 0 bridgehead atoms. The number of likely N-dealkylation sites (N-methyl/N-ethyl adjacent to an activating group) is 1. The molecule has 0 amide bonds. The molecule has 1 nitrogen and oxygen atoms in total. The maximum absolute atomic E-state index is 6.18. The number of rotatable bonds is 4. The maximum atomic E-state index is 6.18. The van der Waals surface area contributed by atoms with Crippen LogP contribution in [-0.4, -0.2) is 7.05 Å². The van der Waals surface area contributed by atoms with Crippen LogP contribution in [0.3, 0.4) is 0 Å². The van der Waals surface area contributed by atoms with E-state index in [4.69, 9.17) is 34.8 Å². The van der Waals surface area contributed by atoms with E-state index in [-0.39, 0.29) is 6.04 Å². The molecule has 1 N–H and O–H groups in total. The van der Waals surface area contributed by atoms with Crippen molar-refractivity contribution >= 4 is 46.1 Å². The molecule has 18 heavy (non-hydrogen) atoms. The maximum Gasteiger partial charge on any atom is 0.0931 e. The minimum absolute atomic E-state index is 0.193. The minimum Gasteiger partial charge on any atom is -0.312 e. The van der Waals surface area contributed by atoms with Crippen molar-refractivity contribution in [1.82, 2.24) is 5.32 Å². The zero-order chi connectivity index (χ0) is 13.1. The SMILES string of the molecule is CNC(Cc1cc(Cl)ccc1Cl)c1ccc(Cl)s1. The predicted molar refractivity (Wildman–Crippen MR) is 81.3 cm³/mol. The number of halogens is 3. The highest BCUT2D eigenvalue weighted by atomic mass is 35.5. The van der Waals surface area contributed by atoms with Gasteiger partial charge in [0.05, 0.1) is 4.34 Å². The molecule has 5 heteroatoms. The summed E-state index contributed by atoms with van der Waals surface area (Å²) in [5.74, 6) is 0. The molecule has 0 spiro atoms. The van der Waals surface area contributed by atoms with E-state index in [9.17, 15) is 0 Å². The van der Waals surface area contributed by atoms with Crippen molar-refractivity contribution in [3.05, 3.63) is 55.2 Å². The second-order valence-corrected chi connectivity index (χ2v) is 6.51. The summed E-state index contributed by atoms with van der Waals surface area (Å²) in [6.07, 6.45) is 0.784. The van der Waals surface area contributed by atoms with E-state index in [1.54, 1.807) is 17.4 Å². The van der Waals surface area contributed by atoms with Gasteiger partial charge in [0.25, 0.3) is 0 Å². The van der Waals surface area contributed by atoms with Crippen molar-refractivity contribution < 1.29 is 0 Å². The summed E-state index contributed by atoms with van der Waals surface area (Å²) in [7, 11) is 1.93. The smallest absolute Gasteiger partial charge is 0.0931 e. The summed E-state index contributed by atoms with van der Waals surface area (Å²) in [6, 6.07) is 9.66. The molecule has 1 unspecified atom stereocenters. The van der Waals surface area contributed by atoms with Gasteiger partial charge in [-0.1, -0.05) is 34.8 Å². The highest BCUT2D eigenvalue weighted by Crippen LogP contribution is 2.31. The van der Waals surface area contributed by atoms with Crippen LogP contribution in [0.2, 0.25) is 14.4 Å². The molecule has 0 aliphatic carbocycles. The van der Waals surface area contributed by atoms with Gasteiger partial charge in [-0.2, -0.15) is 0 Å². The second-order valence-electron chi connectivity index (χ2n) is 3.92. The van der Waals surface area contributed by atoms with E-state index in [2.05, 4.69) is 5.32 Å².